The number of rotatable bonds is 4. The summed E-state index contributed by atoms with van der Waals surface area (Å²) in [4.78, 5) is 15.6. The first-order chi connectivity index (χ1) is 9.06. The number of carbonyl (C=O) groups is 1. The number of imidazole rings is 1. The first-order valence-corrected chi connectivity index (χ1v) is 6.17. The highest BCUT2D eigenvalue weighted by Gasteiger charge is 2.08. The zero-order valence-electron chi connectivity index (χ0n) is 10.1. The van der Waals surface area contributed by atoms with Crippen molar-refractivity contribution >= 4 is 35.1 Å². The smallest absolute Gasteiger partial charge is 0.264 e. The van der Waals surface area contributed by atoms with E-state index in [1.54, 1.807) is 42.2 Å². The van der Waals surface area contributed by atoms with Crippen LogP contribution in [0, 0.1) is 0 Å². The summed E-state index contributed by atoms with van der Waals surface area (Å²) >= 11 is 11.7. The van der Waals surface area contributed by atoms with E-state index in [4.69, 9.17) is 27.9 Å². The van der Waals surface area contributed by atoms with Gasteiger partial charge in [0.25, 0.3) is 5.91 Å². The maximum atomic E-state index is 11.7. The van der Waals surface area contributed by atoms with Gasteiger partial charge in [0, 0.05) is 24.5 Å². The number of amides is 1. The van der Waals surface area contributed by atoms with Gasteiger partial charge < -0.3 is 9.30 Å². The van der Waals surface area contributed by atoms with Gasteiger partial charge in [-0.2, -0.15) is 0 Å². The van der Waals surface area contributed by atoms with Crippen molar-refractivity contribution in [3.05, 3.63) is 40.6 Å². The Morgan fingerprint density at radius 3 is 2.89 bits per heavy atom. The third-order valence-electron chi connectivity index (χ3n) is 2.33. The van der Waals surface area contributed by atoms with Crippen molar-refractivity contribution < 1.29 is 9.53 Å². The van der Waals surface area contributed by atoms with E-state index in [9.17, 15) is 4.79 Å². The average molecular weight is 300 g/mol. The monoisotopic (exact) mass is 299 g/mol. The van der Waals surface area contributed by atoms with Gasteiger partial charge in [-0.05, 0) is 18.2 Å². The largest absolute Gasteiger partial charge is 0.482 e. The van der Waals surface area contributed by atoms with Crippen LogP contribution in [-0.4, -0.2) is 22.1 Å². The Morgan fingerprint density at radius 1 is 1.47 bits per heavy atom. The van der Waals surface area contributed by atoms with Gasteiger partial charge in [0.15, 0.2) is 6.61 Å². The van der Waals surface area contributed by atoms with E-state index in [1.165, 1.54) is 0 Å². The Balaban J connectivity index is 1.92. The van der Waals surface area contributed by atoms with Gasteiger partial charge in [-0.3, -0.25) is 10.1 Å². The lowest BCUT2D eigenvalue weighted by Gasteiger charge is -2.08. The van der Waals surface area contributed by atoms with Crippen LogP contribution in [0.5, 0.6) is 5.75 Å². The average Bonchev–Trinajstić information content (AvgIpc) is 2.74. The van der Waals surface area contributed by atoms with E-state index in [2.05, 4.69) is 10.3 Å². The molecule has 1 aromatic heterocycles. The van der Waals surface area contributed by atoms with Crippen LogP contribution in [0.25, 0.3) is 0 Å². The summed E-state index contributed by atoms with van der Waals surface area (Å²) in [5.74, 6) is 0.539. The summed E-state index contributed by atoms with van der Waals surface area (Å²) in [6.45, 7) is -0.159. The number of aromatic nitrogens is 2. The molecule has 1 amide bonds. The molecule has 5 nitrogen and oxygen atoms in total. The molecule has 0 unspecified atom stereocenters. The molecule has 0 fully saturated rings. The molecule has 0 aliphatic carbocycles. The molecule has 1 heterocycles. The summed E-state index contributed by atoms with van der Waals surface area (Å²) < 4.78 is 6.99. The molecule has 1 N–H and O–H groups in total. The standard InChI is InChI=1S/C12H11Cl2N3O2/c1-17-5-4-15-12(17)16-11(18)7-19-10-3-2-8(13)6-9(10)14/h2-6H,7H2,1H3,(H,15,16,18). The fraction of sp³-hybridized carbons (Fsp3) is 0.167. The molecule has 7 heteroatoms. The molecule has 0 aliphatic rings. The number of benzene rings is 1. The molecule has 0 aliphatic heterocycles. The predicted octanol–water partition coefficient (Wildman–Crippen LogP) is 2.74. The maximum Gasteiger partial charge on any atom is 0.264 e. The normalized spacial score (nSPS) is 10.3. The molecule has 0 saturated carbocycles. The van der Waals surface area contributed by atoms with Crippen LogP contribution in [0.2, 0.25) is 10.0 Å². The van der Waals surface area contributed by atoms with Gasteiger partial charge in [-0.15, -0.1) is 0 Å². The van der Waals surface area contributed by atoms with Gasteiger partial charge in [0.1, 0.15) is 5.75 Å². The van der Waals surface area contributed by atoms with Crippen LogP contribution in [0.4, 0.5) is 5.95 Å². The minimum absolute atomic E-state index is 0.159. The Labute approximate surface area is 120 Å². The second kappa shape index (κ2) is 5.95. The number of nitrogens with zero attached hydrogens (tertiary/aromatic N) is 2. The first-order valence-electron chi connectivity index (χ1n) is 5.41. The van der Waals surface area contributed by atoms with Crippen molar-refractivity contribution in [1.82, 2.24) is 9.55 Å². The lowest BCUT2D eigenvalue weighted by molar-refractivity contribution is -0.118. The van der Waals surface area contributed by atoms with Gasteiger partial charge in [-0.25, -0.2) is 4.98 Å². The number of aryl methyl sites for hydroxylation is 1. The van der Waals surface area contributed by atoms with Crippen molar-refractivity contribution in [2.75, 3.05) is 11.9 Å². The lowest BCUT2D eigenvalue weighted by Crippen LogP contribution is -2.22. The van der Waals surface area contributed by atoms with Gasteiger partial charge in [0.2, 0.25) is 5.95 Å². The third kappa shape index (κ3) is 3.62. The summed E-state index contributed by atoms with van der Waals surface area (Å²) in [5.41, 5.74) is 0. The molecule has 2 rings (SSSR count). The predicted molar refractivity (Wildman–Crippen MR) is 73.8 cm³/mol. The van der Waals surface area contributed by atoms with Crippen molar-refractivity contribution in [1.29, 1.82) is 0 Å². The van der Waals surface area contributed by atoms with Crippen LogP contribution in [0.3, 0.4) is 0 Å². The summed E-state index contributed by atoms with van der Waals surface area (Å²) in [7, 11) is 1.78. The van der Waals surface area contributed by atoms with Crippen LogP contribution >= 0.6 is 23.2 Å². The molecule has 0 radical (unpaired) electrons. The minimum Gasteiger partial charge on any atom is -0.482 e. The van der Waals surface area contributed by atoms with Crippen LogP contribution in [0.1, 0.15) is 0 Å². The number of ether oxygens (including phenoxy) is 1. The number of hydrogen-bond acceptors (Lipinski definition) is 3. The van der Waals surface area contributed by atoms with E-state index in [0.717, 1.165) is 0 Å². The second-order valence-electron chi connectivity index (χ2n) is 3.77. The highest BCUT2D eigenvalue weighted by Crippen LogP contribution is 2.27. The third-order valence-corrected chi connectivity index (χ3v) is 2.86. The molecule has 19 heavy (non-hydrogen) atoms. The summed E-state index contributed by atoms with van der Waals surface area (Å²) in [6, 6.07) is 4.80. The molecular weight excluding hydrogens is 289 g/mol. The maximum absolute atomic E-state index is 11.7. The zero-order chi connectivity index (χ0) is 13.8. The molecule has 0 atom stereocenters. The van der Waals surface area contributed by atoms with Crippen LogP contribution < -0.4 is 10.1 Å². The van der Waals surface area contributed by atoms with E-state index in [-0.39, 0.29) is 12.5 Å². The molecule has 0 bridgehead atoms. The fourth-order valence-electron chi connectivity index (χ4n) is 1.38. The Kier molecular flexibility index (Phi) is 4.29. The fourth-order valence-corrected chi connectivity index (χ4v) is 1.85. The molecule has 100 valence electrons. The van der Waals surface area contributed by atoms with E-state index >= 15 is 0 Å². The molecular formula is C12H11Cl2N3O2. The first kappa shape index (κ1) is 13.7. The Morgan fingerprint density at radius 2 is 2.26 bits per heavy atom. The molecule has 1 aromatic carbocycles. The van der Waals surface area contributed by atoms with Crippen molar-refractivity contribution in [3.8, 4) is 5.75 Å². The highest BCUT2D eigenvalue weighted by molar-refractivity contribution is 6.35. The van der Waals surface area contributed by atoms with Crippen molar-refractivity contribution in [2.45, 2.75) is 0 Å². The zero-order valence-corrected chi connectivity index (χ0v) is 11.6. The van der Waals surface area contributed by atoms with Crippen molar-refractivity contribution in [3.63, 3.8) is 0 Å². The quantitative estimate of drug-likeness (QED) is 0.944. The number of halogens is 2. The Hall–Kier alpha value is -1.72. The molecule has 0 saturated heterocycles. The number of carbonyl (C=O) groups excluding carboxylic acids is 1. The van der Waals surface area contributed by atoms with E-state index in [1.807, 2.05) is 0 Å². The topological polar surface area (TPSA) is 56.2 Å². The number of anilines is 1. The number of hydrogen-bond donors (Lipinski definition) is 1. The summed E-state index contributed by atoms with van der Waals surface area (Å²) in [5, 5.41) is 3.48. The van der Waals surface area contributed by atoms with Crippen LogP contribution in [-0.2, 0) is 11.8 Å². The highest BCUT2D eigenvalue weighted by atomic mass is 35.5. The van der Waals surface area contributed by atoms with Crippen molar-refractivity contribution in [2.24, 2.45) is 7.05 Å². The van der Waals surface area contributed by atoms with E-state index < -0.39 is 0 Å². The van der Waals surface area contributed by atoms with Gasteiger partial charge in [0.05, 0.1) is 5.02 Å². The Bertz CT molecular complexity index is 598. The summed E-state index contributed by atoms with van der Waals surface area (Å²) in [6.07, 6.45) is 3.32. The molecule has 0 spiro atoms. The van der Waals surface area contributed by atoms with Gasteiger partial charge >= 0.3 is 0 Å². The minimum atomic E-state index is -0.319. The van der Waals surface area contributed by atoms with E-state index in [0.29, 0.717) is 21.7 Å². The van der Waals surface area contributed by atoms with Crippen LogP contribution in [0.15, 0.2) is 30.6 Å². The molecule has 2 aromatic rings. The number of nitrogens with one attached hydrogen (secondary N) is 1. The SMILES string of the molecule is Cn1ccnc1NC(=O)COc1ccc(Cl)cc1Cl. The lowest BCUT2D eigenvalue weighted by atomic mass is 10.3. The second-order valence-corrected chi connectivity index (χ2v) is 4.62. The van der Waals surface area contributed by atoms with Gasteiger partial charge in [-0.1, -0.05) is 23.2 Å².